The van der Waals surface area contributed by atoms with Gasteiger partial charge in [0.05, 0.1) is 4.90 Å². The quantitative estimate of drug-likeness (QED) is 0.910. The molecule has 1 aromatic carbocycles. The van der Waals surface area contributed by atoms with Gasteiger partial charge in [-0.25, -0.2) is 0 Å². The Morgan fingerprint density at radius 2 is 1.72 bits per heavy atom. The summed E-state index contributed by atoms with van der Waals surface area (Å²) in [5.41, 5.74) is -1.04. The van der Waals surface area contributed by atoms with Crippen LogP contribution in [0.1, 0.15) is 5.69 Å². The van der Waals surface area contributed by atoms with Crippen LogP contribution in [0.4, 0.5) is 13.2 Å². The molecule has 18 heavy (non-hydrogen) atoms. The maximum Gasteiger partial charge on any atom is 0.435 e. The fourth-order valence-corrected chi connectivity index (χ4v) is 1.94. The molecule has 0 aliphatic rings. The average Bonchev–Trinajstić information content (AvgIpc) is 2.32. The number of aromatic nitrogens is 2. The van der Waals surface area contributed by atoms with Gasteiger partial charge in [-0.1, -0.05) is 23.9 Å². The van der Waals surface area contributed by atoms with Crippen LogP contribution in [0, 0.1) is 0 Å². The first-order valence-corrected chi connectivity index (χ1v) is 5.65. The molecule has 0 saturated heterocycles. The van der Waals surface area contributed by atoms with E-state index >= 15 is 0 Å². The molecule has 0 saturated carbocycles. The van der Waals surface area contributed by atoms with Crippen LogP contribution in [0.2, 0.25) is 0 Å². The van der Waals surface area contributed by atoms with Crippen molar-refractivity contribution >= 4 is 11.8 Å². The molecule has 0 radical (unpaired) electrons. The number of phenols is 1. The van der Waals surface area contributed by atoms with Gasteiger partial charge in [-0.05, 0) is 24.3 Å². The highest BCUT2D eigenvalue weighted by Crippen LogP contribution is 2.33. The lowest BCUT2D eigenvalue weighted by Crippen LogP contribution is -2.08. The fraction of sp³-hybridized carbons (Fsp3) is 0.0909. The van der Waals surface area contributed by atoms with Gasteiger partial charge in [0.1, 0.15) is 10.8 Å². The van der Waals surface area contributed by atoms with E-state index in [9.17, 15) is 18.3 Å². The number of para-hydroxylation sites is 1. The van der Waals surface area contributed by atoms with Crippen LogP contribution in [0.25, 0.3) is 0 Å². The minimum Gasteiger partial charge on any atom is -0.507 e. The molecule has 0 aliphatic heterocycles. The summed E-state index contributed by atoms with van der Waals surface area (Å²) < 4.78 is 36.8. The zero-order valence-corrected chi connectivity index (χ0v) is 9.66. The summed E-state index contributed by atoms with van der Waals surface area (Å²) in [5.74, 6) is 0.0456. The predicted octanol–water partition coefficient (Wildman–Crippen LogP) is 3.35. The number of hydrogen-bond donors (Lipinski definition) is 1. The normalized spacial score (nSPS) is 11.5. The second-order valence-corrected chi connectivity index (χ2v) is 4.39. The van der Waals surface area contributed by atoms with Crippen molar-refractivity contribution in [3.8, 4) is 5.75 Å². The van der Waals surface area contributed by atoms with Crippen molar-refractivity contribution < 1.29 is 18.3 Å². The van der Waals surface area contributed by atoms with Gasteiger partial charge in [-0.3, -0.25) is 0 Å². The first-order chi connectivity index (χ1) is 8.47. The summed E-state index contributed by atoms with van der Waals surface area (Å²) >= 11 is 1.04. The number of halogens is 3. The van der Waals surface area contributed by atoms with E-state index in [1.54, 1.807) is 18.2 Å². The van der Waals surface area contributed by atoms with E-state index in [0.29, 0.717) is 4.90 Å². The number of rotatable bonds is 2. The van der Waals surface area contributed by atoms with Gasteiger partial charge in [0.2, 0.25) is 0 Å². The Hall–Kier alpha value is -1.76. The summed E-state index contributed by atoms with van der Waals surface area (Å²) in [4.78, 5) is 0.506. The molecule has 0 amide bonds. The highest BCUT2D eigenvalue weighted by molar-refractivity contribution is 7.99. The Morgan fingerprint density at radius 1 is 1.00 bits per heavy atom. The number of nitrogens with zero attached hydrogens (tertiary/aromatic N) is 2. The maximum atomic E-state index is 12.3. The minimum absolute atomic E-state index is 0.0456. The summed E-state index contributed by atoms with van der Waals surface area (Å²) in [6.07, 6.45) is -4.49. The zero-order valence-electron chi connectivity index (χ0n) is 8.85. The van der Waals surface area contributed by atoms with E-state index in [1.165, 1.54) is 12.1 Å². The molecule has 0 bridgehead atoms. The van der Waals surface area contributed by atoms with Gasteiger partial charge in [0.25, 0.3) is 0 Å². The van der Waals surface area contributed by atoms with Crippen molar-refractivity contribution in [2.24, 2.45) is 0 Å². The number of benzene rings is 1. The van der Waals surface area contributed by atoms with Crippen molar-refractivity contribution in [3.63, 3.8) is 0 Å². The number of phenolic OH excluding ortho intramolecular Hbond substituents is 1. The molecule has 7 heteroatoms. The molecule has 1 N–H and O–H groups in total. The molecule has 94 valence electrons. The molecule has 2 aromatic rings. The maximum absolute atomic E-state index is 12.3. The number of hydrogen-bond acceptors (Lipinski definition) is 4. The third kappa shape index (κ3) is 2.92. The highest BCUT2D eigenvalue weighted by atomic mass is 32.2. The monoisotopic (exact) mass is 272 g/mol. The first kappa shape index (κ1) is 12.7. The van der Waals surface area contributed by atoms with Crippen LogP contribution in [-0.2, 0) is 6.18 Å². The lowest BCUT2D eigenvalue weighted by atomic mass is 10.3. The molecule has 1 heterocycles. The highest BCUT2D eigenvalue weighted by Gasteiger charge is 2.32. The Labute approximate surface area is 105 Å². The van der Waals surface area contributed by atoms with Crippen LogP contribution in [-0.4, -0.2) is 15.3 Å². The van der Waals surface area contributed by atoms with E-state index in [0.717, 1.165) is 17.8 Å². The molecule has 2 rings (SSSR count). The Kier molecular flexibility index (Phi) is 3.42. The lowest BCUT2D eigenvalue weighted by Gasteiger charge is -2.05. The summed E-state index contributed by atoms with van der Waals surface area (Å²) in [7, 11) is 0. The third-order valence-corrected chi connectivity index (χ3v) is 3.00. The smallest absolute Gasteiger partial charge is 0.435 e. The average molecular weight is 272 g/mol. The largest absolute Gasteiger partial charge is 0.507 e. The first-order valence-electron chi connectivity index (χ1n) is 4.83. The van der Waals surface area contributed by atoms with Crippen LogP contribution < -0.4 is 0 Å². The molecule has 0 atom stereocenters. The van der Waals surface area contributed by atoms with Crippen LogP contribution >= 0.6 is 11.8 Å². The summed E-state index contributed by atoms with van der Waals surface area (Å²) in [6, 6.07) is 8.55. The van der Waals surface area contributed by atoms with Crippen molar-refractivity contribution in [2.75, 3.05) is 0 Å². The molecule has 1 aromatic heterocycles. The van der Waals surface area contributed by atoms with Gasteiger partial charge < -0.3 is 5.11 Å². The second kappa shape index (κ2) is 4.85. The molecule has 3 nitrogen and oxygen atoms in total. The second-order valence-electron chi connectivity index (χ2n) is 3.32. The van der Waals surface area contributed by atoms with Gasteiger partial charge in [0.15, 0.2) is 5.69 Å². The van der Waals surface area contributed by atoms with E-state index in [4.69, 9.17) is 0 Å². The van der Waals surface area contributed by atoms with E-state index in [2.05, 4.69) is 10.2 Å². The van der Waals surface area contributed by atoms with Crippen molar-refractivity contribution in [2.45, 2.75) is 16.1 Å². The van der Waals surface area contributed by atoms with E-state index < -0.39 is 11.9 Å². The fourth-order valence-electron chi connectivity index (χ4n) is 1.18. The molecular formula is C11H7F3N2OS. The van der Waals surface area contributed by atoms with Crippen molar-refractivity contribution in [1.82, 2.24) is 10.2 Å². The standard InChI is InChI=1S/C11H7F3N2OS/c12-11(13,14)9-5-6-10(16-15-9)18-8-4-2-1-3-7(8)17/h1-6,17H. The van der Waals surface area contributed by atoms with Gasteiger partial charge in [0, 0.05) is 0 Å². The molecular weight excluding hydrogens is 265 g/mol. The minimum atomic E-state index is -4.49. The van der Waals surface area contributed by atoms with Crippen LogP contribution in [0.3, 0.4) is 0 Å². The number of aromatic hydroxyl groups is 1. The molecule has 0 aliphatic carbocycles. The van der Waals surface area contributed by atoms with Gasteiger partial charge in [-0.15, -0.1) is 10.2 Å². The Morgan fingerprint density at radius 3 is 2.28 bits per heavy atom. The molecule has 0 spiro atoms. The topological polar surface area (TPSA) is 46.0 Å². The summed E-state index contributed by atoms with van der Waals surface area (Å²) in [6.45, 7) is 0. The summed E-state index contributed by atoms with van der Waals surface area (Å²) in [5, 5.41) is 16.4. The van der Waals surface area contributed by atoms with E-state index in [1.807, 2.05) is 0 Å². The van der Waals surface area contributed by atoms with Gasteiger partial charge in [-0.2, -0.15) is 13.2 Å². The van der Waals surface area contributed by atoms with Crippen LogP contribution in [0.15, 0.2) is 46.3 Å². The third-order valence-electron chi connectivity index (χ3n) is 2.01. The SMILES string of the molecule is Oc1ccccc1Sc1ccc(C(F)(F)F)nn1. The molecule has 0 fully saturated rings. The van der Waals surface area contributed by atoms with Crippen molar-refractivity contribution in [3.05, 3.63) is 42.1 Å². The Bertz CT molecular complexity index is 543. The van der Waals surface area contributed by atoms with Gasteiger partial charge >= 0.3 is 6.18 Å². The molecule has 0 unspecified atom stereocenters. The predicted molar refractivity (Wildman–Crippen MR) is 59.3 cm³/mol. The zero-order chi connectivity index (χ0) is 13.2. The Balaban J connectivity index is 2.19. The van der Waals surface area contributed by atoms with Crippen molar-refractivity contribution in [1.29, 1.82) is 0 Å². The lowest BCUT2D eigenvalue weighted by molar-refractivity contribution is -0.141. The van der Waals surface area contributed by atoms with Crippen LogP contribution in [0.5, 0.6) is 5.75 Å². The van der Waals surface area contributed by atoms with E-state index in [-0.39, 0.29) is 10.8 Å². The number of alkyl halides is 3.